The van der Waals surface area contributed by atoms with Gasteiger partial charge in [0.2, 0.25) is 0 Å². The number of hydrogen-bond acceptors (Lipinski definition) is 5. The zero-order valence-corrected chi connectivity index (χ0v) is 13.6. The summed E-state index contributed by atoms with van der Waals surface area (Å²) in [6.07, 6.45) is 6.98. The fraction of sp³-hybridized carbons (Fsp3) is 0.412. The van der Waals surface area contributed by atoms with Gasteiger partial charge in [0.05, 0.1) is 12.2 Å². The van der Waals surface area contributed by atoms with Crippen molar-refractivity contribution in [1.29, 1.82) is 0 Å². The normalized spacial score (nSPS) is 14.4. The molecule has 1 fully saturated rings. The van der Waals surface area contributed by atoms with Crippen LogP contribution in [0, 0.1) is 12.8 Å². The average Bonchev–Trinajstić information content (AvgIpc) is 3.33. The van der Waals surface area contributed by atoms with Crippen LogP contribution >= 0.6 is 0 Å². The molecule has 3 N–H and O–H groups in total. The second-order valence-electron chi connectivity index (χ2n) is 6.51. The lowest BCUT2D eigenvalue weighted by Gasteiger charge is -2.05. The Bertz CT molecular complexity index is 936. The number of nitrogens with two attached hydrogens (primary N) is 1. The number of nitrogens with one attached hydrogen (secondary N) is 1. The molecule has 0 aromatic carbocycles. The first-order valence-corrected chi connectivity index (χ1v) is 8.26. The standard InChI is InChI=1S/C17H20N6O/c1-10-20-15(18)14-16(21-10)23(17(24)22-14)9-13-7-6-12(8-19-13)5-4-11-2-3-11/h6-8,11H,2-5,9H2,1H3,(H,22,24)(H2,18,20,21). The summed E-state index contributed by atoms with van der Waals surface area (Å²) in [4.78, 5) is 27.9. The highest BCUT2D eigenvalue weighted by Gasteiger charge is 2.20. The highest BCUT2D eigenvalue weighted by atomic mass is 16.1. The minimum atomic E-state index is -0.254. The molecule has 1 aliphatic rings. The Labute approximate surface area is 139 Å². The van der Waals surface area contributed by atoms with Gasteiger partial charge in [0.15, 0.2) is 11.5 Å². The molecule has 24 heavy (non-hydrogen) atoms. The van der Waals surface area contributed by atoms with E-state index in [1.165, 1.54) is 24.8 Å². The number of anilines is 1. The Hall–Kier alpha value is -2.70. The van der Waals surface area contributed by atoms with E-state index in [1.54, 1.807) is 11.5 Å². The zero-order chi connectivity index (χ0) is 16.7. The molecule has 0 radical (unpaired) electrons. The average molecular weight is 324 g/mol. The summed E-state index contributed by atoms with van der Waals surface area (Å²) in [5, 5.41) is 0. The summed E-state index contributed by atoms with van der Waals surface area (Å²) in [5.74, 6) is 1.75. The third kappa shape index (κ3) is 2.89. The molecule has 0 aliphatic heterocycles. The molecule has 3 aromatic heterocycles. The summed E-state index contributed by atoms with van der Waals surface area (Å²) < 4.78 is 1.55. The molecule has 0 amide bonds. The molecule has 0 spiro atoms. The lowest BCUT2D eigenvalue weighted by molar-refractivity contribution is 0.719. The van der Waals surface area contributed by atoms with Gasteiger partial charge < -0.3 is 10.7 Å². The van der Waals surface area contributed by atoms with Gasteiger partial charge in [-0.1, -0.05) is 18.9 Å². The van der Waals surface area contributed by atoms with E-state index in [-0.39, 0.29) is 11.5 Å². The maximum atomic E-state index is 12.2. The number of aromatic amines is 1. The van der Waals surface area contributed by atoms with Crippen LogP contribution in [0.4, 0.5) is 5.82 Å². The van der Waals surface area contributed by atoms with E-state index in [9.17, 15) is 4.79 Å². The predicted molar refractivity (Wildman–Crippen MR) is 91.7 cm³/mol. The number of pyridine rings is 1. The van der Waals surface area contributed by atoms with Crippen LogP contribution in [0.25, 0.3) is 11.2 Å². The van der Waals surface area contributed by atoms with Gasteiger partial charge in [0.1, 0.15) is 11.3 Å². The van der Waals surface area contributed by atoms with Crippen molar-refractivity contribution in [2.24, 2.45) is 5.92 Å². The van der Waals surface area contributed by atoms with Gasteiger partial charge in [-0.3, -0.25) is 9.55 Å². The third-order valence-electron chi connectivity index (χ3n) is 4.51. The van der Waals surface area contributed by atoms with Crippen LogP contribution < -0.4 is 11.4 Å². The van der Waals surface area contributed by atoms with E-state index in [2.05, 4.69) is 26.0 Å². The maximum Gasteiger partial charge on any atom is 0.328 e. The third-order valence-corrected chi connectivity index (χ3v) is 4.51. The number of fused-ring (bicyclic) bond motifs is 1. The molecule has 7 nitrogen and oxygen atoms in total. The van der Waals surface area contributed by atoms with Crippen molar-refractivity contribution in [3.63, 3.8) is 0 Å². The Morgan fingerprint density at radius 1 is 1.33 bits per heavy atom. The topological polar surface area (TPSA) is 102 Å². The van der Waals surface area contributed by atoms with Crippen LogP contribution in [0.3, 0.4) is 0 Å². The van der Waals surface area contributed by atoms with Crippen LogP contribution in [0.2, 0.25) is 0 Å². The minimum Gasteiger partial charge on any atom is -0.382 e. The molecule has 1 aliphatic carbocycles. The molecular weight excluding hydrogens is 304 g/mol. The number of imidazole rings is 1. The first kappa shape index (κ1) is 14.9. The molecule has 1 saturated carbocycles. The predicted octanol–water partition coefficient (Wildman–Crippen LogP) is 1.80. The first-order chi connectivity index (χ1) is 11.6. The van der Waals surface area contributed by atoms with E-state index in [4.69, 9.17) is 5.73 Å². The van der Waals surface area contributed by atoms with Crippen molar-refractivity contribution in [3.8, 4) is 0 Å². The number of rotatable bonds is 5. The monoisotopic (exact) mass is 324 g/mol. The van der Waals surface area contributed by atoms with Gasteiger partial charge in [-0.25, -0.2) is 14.8 Å². The molecule has 4 rings (SSSR count). The molecule has 0 atom stereocenters. The molecule has 124 valence electrons. The molecular formula is C17H20N6O. The maximum absolute atomic E-state index is 12.2. The number of aryl methyl sites for hydroxylation is 2. The van der Waals surface area contributed by atoms with Crippen LogP contribution in [0.5, 0.6) is 0 Å². The van der Waals surface area contributed by atoms with Gasteiger partial charge in [0, 0.05) is 6.20 Å². The molecule has 7 heteroatoms. The van der Waals surface area contributed by atoms with Crippen molar-refractivity contribution in [2.75, 3.05) is 5.73 Å². The minimum absolute atomic E-state index is 0.254. The van der Waals surface area contributed by atoms with E-state index >= 15 is 0 Å². The van der Waals surface area contributed by atoms with Gasteiger partial charge in [0.25, 0.3) is 0 Å². The van der Waals surface area contributed by atoms with Gasteiger partial charge in [-0.05, 0) is 37.3 Å². The summed E-state index contributed by atoms with van der Waals surface area (Å²) in [6.45, 7) is 2.11. The van der Waals surface area contributed by atoms with Crippen molar-refractivity contribution in [1.82, 2.24) is 24.5 Å². The zero-order valence-electron chi connectivity index (χ0n) is 13.6. The van der Waals surface area contributed by atoms with E-state index < -0.39 is 0 Å². The quantitative estimate of drug-likeness (QED) is 0.745. The number of H-pyrrole nitrogens is 1. The SMILES string of the molecule is Cc1nc(N)c2[nH]c(=O)n(Cc3ccc(CCC4CC4)cn3)c2n1. The lowest BCUT2D eigenvalue weighted by atomic mass is 10.1. The highest BCUT2D eigenvalue weighted by molar-refractivity contribution is 5.81. The van der Waals surface area contributed by atoms with Crippen LogP contribution in [-0.2, 0) is 13.0 Å². The van der Waals surface area contributed by atoms with Crippen molar-refractivity contribution in [3.05, 3.63) is 45.9 Å². The van der Waals surface area contributed by atoms with Crippen molar-refractivity contribution >= 4 is 17.0 Å². The Kier molecular flexibility index (Phi) is 3.55. The highest BCUT2D eigenvalue weighted by Crippen LogP contribution is 2.33. The van der Waals surface area contributed by atoms with Crippen molar-refractivity contribution < 1.29 is 0 Å². The number of nitrogen functional groups attached to an aromatic ring is 1. The fourth-order valence-electron chi connectivity index (χ4n) is 2.95. The summed E-state index contributed by atoms with van der Waals surface area (Å²) in [7, 11) is 0. The summed E-state index contributed by atoms with van der Waals surface area (Å²) >= 11 is 0. The smallest absolute Gasteiger partial charge is 0.328 e. The Balaban J connectivity index is 1.59. The molecule has 0 bridgehead atoms. The largest absolute Gasteiger partial charge is 0.382 e. The van der Waals surface area contributed by atoms with Crippen LogP contribution in [-0.4, -0.2) is 24.5 Å². The first-order valence-electron chi connectivity index (χ1n) is 8.26. The van der Waals surface area contributed by atoms with E-state index in [1.807, 2.05) is 12.3 Å². The number of aromatic nitrogens is 5. The summed E-state index contributed by atoms with van der Waals surface area (Å²) in [5.41, 5.74) is 8.68. The summed E-state index contributed by atoms with van der Waals surface area (Å²) in [6, 6.07) is 4.07. The molecule has 3 aromatic rings. The Morgan fingerprint density at radius 3 is 2.88 bits per heavy atom. The molecule has 3 heterocycles. The fourth-order valence-corrected chi connectivity index (χ4v) is 2.95. The van der Waals surface area contributed by atoms with E-state index in [0.29, 0.717) is 23.5 Å². The number of nitrogens with zero attached hydrogens (tertiary/aromatic N) is 4. The molecule has 0 saturated heterocycles. The van der Waals surface area contributed by atoms with Gasteiger partial charge >= 0.3 is 5.69 Å². The molecule has 0 unspecified atom stereocenters. The van der Waals surface area contributed by atoms with E-state index in [0.717, 1.165) is 18.0 Å². The van der Waals surface area contributed by atoms with Gasteiger partial charge in [-0.15, -0.1) is 0 Å². The second kappa shape index (κ2) is 5.74. The van der Waals surface area contributed by atoms with Crippen molar-refractivity contribution in [2.45, 2.75) is 39.2 Å². The Morgan fingerprint density at radius 2 is 2.17 bits per heavy atom. The lowest BCUT2D eigenvalue weighted by Crippen LogP contribution is -2.18. The number of hydrogen-bond donors (Lipinski definition) is 2. The van der Waals surface area contributed by atoms with Crippen LogP contribution in [0.1, 0.15) is 36.3 Å². The second-order valence-corrected chi connectivity index (χ2v) is 6.51. The van der Waals surface area contributed by atoms with Crippen LogP contribution in [0.15, 0.2) is 23.1 Å². The van der Waals surface area contributed by atoms with Gasteiger partial charge in [-0.2, -0.15) is 0 Å².